The molecule has 0 N–H and O–H groups in total. The number of rotatable bonds is 7. The maximum absolute atomic E-state index is 10.7. The van der Waals surface area contributed by atoms with E-state index in [-0.39, 0.29) is 12.1 Å². The smallest absolute Gasteiger partial charge is 0.302 e. The van der Waals surface area contributed by atoms with Gasteiger partial charge in [-0.3, -0.25) is 4.79 Å². The Morgan fingerprint density at radius 1 is 1.38 bits per heavy atom. The normalized spacial score (nSPS) is 12.5. The van der Waals surface area contributed by atoms with Crippen molar-refractivity contribution in [2.24, 2.45) is 0 Å². The largest absolute Gasteiger partial charge is 0.462 e. The van der Waals surface area contributed by atoms with Crippen LogP contribution in [0.4, 0.5) is 0 Å². The molecule has 0 aromatic carbocycles. The van der Waals surface area contributed by atoms with Crippen LogP contribution in [-0.4, -0.2) is 25.8 Å². The van der Waals surface area contributed by atoms with E-state index in [9.17, 15) is 4.79 Å². The van der Waals surface area contributed by atoms with Crippen molar-refractivity contribution < 1.29 is 14.3 Å². The summed E-state index contributed by atoms with van der Waals surface area (Å²) < 4.78 is 10.1. The zero-order valence-corrected chi connectivity index (χ0v) is 8.84. The molecule has 0 saturated heterocycles. The van der Waals surface area contributed by atoms with Crippen LogP contribution in [-0.2, 0) is 14.3 Å². The molecule has 0 saturated carbocycles. The SMILES string of the molecule is CCCC[C@@H](CCOC)OC(C)=O. The lowest BCUT2D eigenvalue weighted by molar-refractivity contribution is -0.147. The fourth-order valence-electron chi connectivity index (χ4n) is 1.18. The monoisotopic (exact) mass is 188 g/mol. The highest BCUT2D eigenvalue weighted by molar-refractivity contribution is 5.66. The fourth-order valence-corrected chi connectivity index (χ4v) is 1.18. The van der Waals surface area contributed by atoms with Crippen LogP contribution in [0.15, 0.2) is 0 Å². The summed E-state index contributed by atoms with van der Waals surface area (Å²) in [7, 11) is 1.66. The second kappa shape index (κ2) is 8.05. The first-order chi connectivity index (χ1) is 6.20. The summed E-state index contributed by atoms with van der Waals surface area (Å²) in [5.41, 5.74) is 0. The summed E-state index contributed by atoms with van der Waals surface area (Å²) in [6.45, 7) is 4.23. The first-order valence-corrected chi connectivity index (χ1v) is 4.86. The van der Waals surface area contributed by atoms with Gasteiger partial charge in [-0.15, -0.1) is 0 Å². The lowest BCUT2D eigenvalue weighted by Crippen LogP contribution is -2.18. The molecule has 0 aliphatic carbocycles. The van der Waals surface area contributed by atoms with Crippen LogP contribution in [0.5, 0.6) is 0 Å². The number of methoxy groups -OCH3 is 1. The number of hydrogen-bond donors (Lipinski definition) is 0. The van der Waals surface area contributed by atoms with Crippen molar-refractivity contribution in [2.75, 3.05) is 13.7 Å². The van der Waals surface area contributed by atoms with Gasteiger partial charge in [0.15, 0.2) is 0 Å². The Bertz CT molecular complexity index is 126. The minimum absolute atomic E-state index is 0.0393. The Morgan fingerprint density at radius 2 is 2.08 bits per heavy atom. The van der Waals surface area contributed by atoms with E-state index < -0.39 is 0 Å². The maximum atomic E-state index is 10.7. The van der Waals surface area contributed by atoms with Gasteiger partial charge in [-0.05, 0) is 6.42 Å². The number of carbonyl (C=O) groups excluding carboxylic acids is 1. The van der Waals surface area contributed by atoms with Gasteiger partial charge in [0, 0.05) is 27.1 Å². The molecular weight excluding hydrogens is 168 g/mol. The molecule has 0 unspecified atom stereocenters. The molecule has 78 valence electrons. The van der Waals surface area contributed by atoms with E-state index in [1.807, 2.05) is 0 Å². The van der Waals surface area contributed by atoms with E-state index in [2.05, 4.69) is 6.92 Å². The summed E-state index contributed by atoms with van der Waals surface area (Å²) in [6, 6.07) is 0. The van der Waals surface area contributed by atoms with Crippen LogP contribution in [0.25, 0.3) is 0 Å². The predicted octanol–water partition coefficient (Wildman–Crippen LogP) is 2.14. The highest BCUT2D eigenvalue weighted by atomic mass is 16.5. The number of unbranched alkanes of at least 4 members (excludes halogenated alkanes) is 1. The summed E-state index contributed by atoms with van der Waals surface area (Å²) in [6.07, 6.45) is 4.01. The first-order valence-electron chi connectivity index (χ1n) is 4.86. The van der Waals surface area contributed by atoms with E-state index in [0.717, 1.165) is 25.7 Å². The third kappa shape index (κ3) is 7.78. The fraction of sp³-hybridized carbons (Fsp3) is 0.900. The molecule has 3 heteroatoms. The van der Waals surface area contributed by atoms with Crippen molar-refractivity contribution >= 4 is 5.97 Å². The minimum atomic E-state index is -0.197. The van der Waals surface area contributed by atoms with E-state index >= 15 is 0 Å². The molecule has 0 aromatic rings. The van der Waals surface area contributed by atoms with Crippen molar-refractivity contribution in [2.45, 2.75) is 45.6 Å². The molecule has 0 bridgehead atoms. The van der Waals surface area contributed by atoms with Gasteiger partial charge in [-0.2, -0.15) is 0 Å². The molecule has 0 aliphatic rings. The van der Waals surface area contributed by atoms with Gasteiger partial charge in [0.1, 0.15) is 6.10 Å². The molecule has 0 radical (unpaired) electrons. The van der Waals surface area contributed by atoms with E-state index in [1.54, 1.807) is 7.11 Å². The van der Waals surface area contributed by atoms with E-state index in [1.165, 1.54) is 6.92 Å². The quantitative estimate of drug-likeness (QED) is 0.574. The maximum Gasteiger partial charge on any atom is 0.302 e. The zero-order chi connectivity index (χ0) is 10.1. The van der Waals surface area contributed by atoms with Gasteiger partial charge in [0.05, 0.1) is 0 Å². The van der Waals surface area contributed by atoms with Gasteiger partial charge >= 0.3 is 5.97 Å². The molecule has 0 fully saturated rings. The van der Waals surface area contributed by atoms with Crippen LogP contribution in [0.1, 0.15) is 39.5 Å². The lowest BCUT2D eigenvalue weighted by atomic mass is 10.1. The molecule has 3 nitrogen and oxygen atoms in total. The van der Waals surface area contributed by atoms with E-state index in [4.69, 9.17) is 9.47 Å². The summed E-state index contributed by atoms with van der Waals surface area (Å²) in [5.74, 6) is -0.197. The Balaban J connectivity index is 3.66. The standard InChI is InChI=1S/C10H20O3/c1-4-5-6-10(7-8-12-3)13-9(2)11/h10H,4-8H2,1-3H3/t10-/m0/s1. The number of carbonyl (C=O) groups is 1. The highest BCUT2D eigenvalue weighted by Crippen LogP contribution is 2.09. The summed E-state index contributed by atoms with van der Waals surface area (Å²) in [4.78, 5) is 10.7. The Hall–Kier alpha value is -0.570. The number of hydrogen-bond acceptors (Lipinski definition) is 3. The minimum Gasteiger partial charge on any atom is -0.462 e. The van der Waals surface area contributed by atoms with Crippen LogP contribution in [0.2, 0.25) is 0 Å². The second-order valence-electron chi connectivity index (χ2n) is 3.16. The molecule has 0 spiro atoms. The Kier molecular flexibility index (Phi) is 7.69. The summed E-state index contributed by atoms with van der Waals surface area (Å²) in [5, 5.41) is 0. The third-order valence-electron chi connectivity index (χ3n) is 1.86. The predicted molar refractivity (Wildman–Crippen MR) is 51.6 cm³/mol. The number of ether oxygens (including phenoxy) is 2. The first kappa shape index (κ1) is 12.4. The number of esters is 1. The van der Waals surface area contributed by atoms with Gasteiger partial charge in [-0.1, -0.05) is 19.8 Å². The molecule has 0 heterocycles. The molecule has 0 aromatic heterocycles. The lowest BCUT2D eigenvalue weighted by Gasteiger charge is -2.15. The molecular formula is C10H20O3. The molecule has 1 atom stereocenters. The van der Waals surface area contributed by atoms with Crippen LogP contribution in [0.3, 0.4) is 0 Å². The molecule has 13 heavy (non-hydrogen) atoms. The molecule has 0 aliphatic heterocycles. The molecule has 0 rings (SSSR count). The summed E-state index contributed by atoms with van der Waals surface area (Å²) >= 11 is 0. The van der Waals surface area contributed by atoms with Crippen molar-refractivity contribution in [1.29, 1.82) is 0 Å². The van der Waals surface area contributed by atoms with Crippen LogP contribution >= 0.6 is 0 Å². The van der Waals surface area contributed by atoms with Gasteiger partial charge in [-0.25, -0.2) is 0 Å². The van der Waals surface area contributed by atoms with Gasteiger partial charge < -0.3 is 9.47 Å². The second-order valence-corrected chi connectivity index (χ2v) is 3.16. The molecule has 0 amide bonds. The van der Waals surface area contributed by atoms with Gasteiger partial charge in [0.25, 0.3) is 0 Å². The highest BCUT2D eigenvalue weighted by Gasteiger charge is 2.10. The van der Waals surface area contributed by atoms with Crippen molar-refractivity contribution in [3.8, 4) is 0 Å². The Morgan fingerprint density at radius 3 is 2.54 bits per heavy atom. The average molecular weight is 188 g/mol. The van der Waals surface area contributed by atoms with Gasteiger partial charge in [0.2, 0.25) is 0 Å². The topological polar surface area (TPSA) is 35.5 Å². The van der Waals surface area contributed by atoms with Crippen molar-refractivity contribution in [1.82, 2.24) is 0 Å². The van der Waals surface area contributed by atoms with Crippen LogP contribution < -0.4 is 0 Å². The van der Waals surface area contributed by atoms with E-state index in [0.29, 0.717) is 6.61 Å². The van der Waals surface area contributed by atoms with Crippen LogP contribution in [0, 0.1) is 0 Å². The van der Waals surface area contributed by atoms with Crippen molar-refractivity contribution in [3.05, 3.63) is 0 Å². The Labute approximate surface area is 80.4 Å². The third-order valence-corrected chi connectivity index (χ3v) is 1.86. The zero-order valence-electron chi connectivity index (χ0n) is 8.84. The van der Waals surface area contributed by atoms with Crippen molar-refractivity contribution in [3.63, 3.8) is 0 Å². The average Bonchev–Trinajstić information content (AvgIpc) is 2.09.